The van der Waals surface area contributed by atoms with Crippen molar-refractivity contribution in [2.75, 3.05) is 0 Å². The Bertz CT molecular complexity index is 1160. The number of carboxylic acids is 1. The standard InChI is InChI=1S/C23H23F2NO4/c1-12-20(16(22(29)30)11-23(2,3)4)15-9-19(27)17(25)10-18(15)26(12)21(28)13-6-5-7-14(24)8-13/h5-10,16,27H,11H2,1-4H3,(H,29,30). The van der Waals surface area contributed by atoms with Crippen LogP contribution in [-0.4, -0.2) is 26.7 Å². The van der Waals surface area contributed by atoms with E-state index in [1.54, 1.807) is 6.92 Å². The molecule has 0 bridgehead atoms. The molecule has 0 spiro atoms. The highest BCUT2D eigenvalue weighted by Crippen LogP contribution is 2.40. The smallest absolute Gasteiger partial charge is 0.311 e. The predicted octanol–water partition coefficient (Wildman–Crippen LogP) is 5.23. The molecule has 158 valence electrons. The van der Waals surface area contributed by atoms with Crippen LogP contribution in [0.5, 0.6) is 5.75 Å². The number of carbonyl (C=O) groups excluding carboxylic acids is 1. The number of hydrogen-bond acceptors (Lipinski definition) is 3. The lowest BCUT2D eigenvalue weighted by Gasteiger charge is -2.24. The average molecular weight is 415 g/mol. The molecule has 0 fully saturated rings. The van der Waals surface area contributed by atoms with E-state index in [-0.39, 0.29) is 28.3 Å². The number of halogens is 2. The van der Waals surface area contributed by atoms with Crippen molar-refractivity contribution in [2.24, 2.45) is 5.41 Å². The number of phenols is 1. The molecule has 0 aliphatic heterocycles. The van der Waals surface area contributed by atoms with Gasteiger partial charge in [0, 0.05) is 22.7 Å². The van der Waals surface area contributed by atoms with Gasteiger partial charge in [-0.05, 0) is 48.6 Å². The first-order valence-corrected chi connectivity index (χ1v) is 9.47. The Balaban J connectivity index is 2.34. The zero-order valence-electron chi connectivity index (χ0n) is 17.2. The largest absolute Gasteiger partial charge is 0.505 e. The number of fused-ring (bicyclic) bond motifs is 1. The van der Waals surface area contributed by atoms with Gasteiger partial charge in [-0.3, -0.25) is 14.2 Å². The van der Waals surface area contributed by atoms with Crippen LogP contribution in [0.15, 0.2) is 36.4 Å². The van der Waals surface area contributed by atoms with E-state index >= 15 is 0 Å². The molecule has 1 heterocycles. The third-order valence-electron chi connectivity index (χ3n) is 5.06. The normalized spacial score (nSPS) is 12.9. The average Bonchev–Trinajstić information content (AvgIpc) is 2.89. The number of benzene rings is 2. The minimum absolute atomic E-state index is 0.0396. The zero-order valence-corrected chi connectivity index (χ0v) is 17.2. The van der Waals surface area contributed by atoms with E-state index in [0.29, 0.717) is 11.3 Å². The van der Waals surface area contributed by atoms with Gasteiger partial charge in [0.1, 0.15) is 5.82 Å². The first kappa shape index (κ1) is 21.5. The van der Waals surface area contributed by atoms with Gasteiger partial charge >= 0.3 is 5.97 Å². The molecule has 0 saturated heterocycles. The molecule has 1 aromatic heterocycles. The van der Waals surface area contributed by atoms with Crippen molar-refractivity contribution >= 4 is 22.8 Å². The first-order chi connectivity index (χ1) is 13.9. The van der Waals surface area contributed by atoms with Crippen LogP contribution < -0.4 is 0 Å². The highest BCUT2D eigenvalue weighted by molar-refractivity contribution is 6.05. The van der Waals surface area contributed by atoms with Crippen molar-refractivity contribution in [2.45, 2.75) is 40.0 Å². The quantitative estimate of drug-likeness (QED) is 0.612. The number of rotatable bonds is 4. The number of aliphatic carboxylic acids is 1. The van der Waals surface area contributed by atoms with Crippen molar-refractivity contribution in [3.63, 3.8) is 0 Å². The number of aromatic nitrogens is 1. The number of carboxylic acid groups (broad SMARTS) is 1. The molecule has 7 heteroatoms. The summed E-state index contributed by atoms with van der Waals surface area (Å²) in [6.07, 6.45) is 0.259. The summed E-state index contributed by atoms with van der Waals surface area (Å²) in [5.41, 5.74) is 0.441. The Hall–Kier alpha value is -3.22. The van der Waals surface area contributed by atoms with E-state index in [4.69, 9.17) is 0 Å². The summed E-state index contributed by atoms with van der Waals surface area (Å²) in [6.45, 7) is 7.26. The van der Waals surface area contributed by atoms with Crippen LogP contribution in [0.25, 0.3) is 10.9 Å². The monoisotopic (exact) mass is 415 g/mol. The minimum Gasteiger partial charge on any atom is -0.505 e. The Morgan fingerprint density at radius 2 is 1.80 bits per heavy atom. The van der Waals surface area contributed by atoms with Crippen molar-refractivity contribution in [3.05, 3.63) is 64.9 Å². The highest BCUT2D eigenvalue weighted by atomic mass is 19.1. The van der Waals surface area contributed by atoms with E-state index in [1.165, 1.54) is 22.8 Å². The Morgan fingerprint density at radius 1 is 1.13 bits per heavy atom. The Labute approximate surface area is 172 Å². The Kier molecular flexibility index (Phi) is 5.41. The fourth-order valence-electron chi connectivity index (χ4n) is 3.83. The SMILES string of the molecule is Cc1c(C(CC(C)(C)C)C(=O)O)c2cc(O)c(F)cc2n1C(=O)c1cccc(F)c1. The molecule has 3 aromatic rings. The first-order valence-electron chi connectivity index (χ1n) is 9.47. The van der Waals surface area contributed by atoms with Gasteiger partial charge in [0.25, 0.3) is 5.91 Å². The van der Waals surface area contributed by atoms with E-state index in [2.05, 4.69) is 0 Å². The maximum absolute atomic E-state index is 14.2. The molecule has 3 rings (SSSR count). The van der Waals surface area contributed by atoms with Crippen LogP contribution in [-0.2, 0) is 4.79 Å². The summed E-state index contributed by atoms with van der Waals surface area (Å²) in [5, 5.41) is 20.1. The molecular weight excluding hydrogens is 392 g/mol. The third kappa shape index (κ3) is 3.92. The zero-order chi connectivity index (χ0) is 22.4. The van der Waals surface area contributed by atoms with Crippen LogP contribution in [0.3, 0.4) is 0 Å². The lowest BCUT2D eigenvalue weighted by molar-refractivity contribution is -0.139. The molecule has 2 N–H and O–H groups in total. The molecule has 0 aliphatic rings. The van der Waals surface area contributed by atoms with Gasteiger partial charge < -0.3 is 10.2 Å². The number of carbonyl (C=O) groups is 2. The second-order valence-electron chi connectivity index (χ2n) is 8.63. The molecule has 0 radical (unpaired) electrons. The van der Waals surface area contributed by atoms with Crippen molar-refractivity contribution in [1.29, 1.82) is 0 Å². The summed E-state index contributed by atoms with van der Waals surface area (Å²) >= 11 is 0. The van der Waals surface area contributed by atoms with E-state index in [1.807, 2.05) is 20.8 Å². The fourth-order valence-corrected chi connectivity index (χ4v) is 3.83. The minimum atomic E-state index is -1.09. The summed E-state index contributed by atoms with van der Waals surface area (Å²) in [4.78, 5) is 25.3. The molecule has 2 aromatic carbocycles. The summed E-state index contributed by atoms with van der Waals surface area (Å²) in [6, 6.07) is 7.21. The molecule has 0 aliphatic carbocycles. The van der Waals surface area contributed by atoms with Crippen molar-refractivity contribution in [1.82, 2.24) is 4.57 Å². The molecule has 1 atom stereocenters. The summed E-state index contributed by atoms with van der Waals surface area (Å²) < 4.78 is 29.0. The maximum atomic E-state index is 14.2. The van der Waals surface area contributed by atoms with Gasteiger partial charge in [-0.25, -0.2) is 8.78 Å². The number of nitrogens with zero attached hydrogens (tertiary/aromatic N) is 1. The Morgan fingerprint density at radius 3 is 2.37 bits per heavy atom. The molecule has 1 unspecified atom stereocenters. The lowest BCUT2D eigenvalue weighted by Crippen LogP contribution is -2.21. The second-order valence-corrected chi connectivity index (χ2v) is 8.63. The van der Waals surface area contributed by atoms with Gasteiger partial charge in [0.2, 0.25) is 0 Å². The second kappa shape index (κ2) is 7.55. The van der Waals surface area contributed by atoms with E-state index in [0.717, 1.165) is 18.2 Å². The number of hydrogen-bond donors (Lipinski definition) is 2. The maximum Gasteiger partial charge on any atom is 0.311 e. The molecule has 5 nitrogen and oxygen atoms in total. The molecule has 0 saturated carbocycles. The topological polar surface area (TPSA) is 79.5 Å². The van der Waals surface area contributed by atoms with Crippen LogP contribution in [0, 0.1) is 24.0 Å². The van der Waals surface area contributed by atoms with E-state index in [9.17, 15) is 28.6 Å². The highest BCUT2D eigenvalue weighted by Gasteiger charge is 2.33. The summed E-state index contributed by atoms with van der Waals surface area (Å²) in [7, 11) is 0. The van der Waals surface area contributed by atoms with Gasteiger partial charge in [-0.15, -0.1) is 0 Å². The molecule has 0 amide bonds. The van der Waals surface area contributed by atoms with Crippen LogP contribution >= 0.6 is 0 Å². The van der Waals surface area contributed by atoms with E-state index < -0.39 is 35.2 Å². The van der Waals surface area contributed by atoms with Crippen LogP contribution in [0.4, 0.5) is 8.78 Å². The van der Waals surface area contributed by atoms with Gasteiger partial charge in [0.05, 0.1) is 11.4 Å². The van der Waals surface area contributed by atoms with Gasteiger partial charge in [-0.2, -0.15) is 0 Å². The number of phenolic OH excluding ortho intramolecular Hbond substituents is 1. The third-order valence-corrected chi connectivity index (χ3v) is 5.06. The lowest BCUT2D eigenvalue weighted by atomic mass is 9.80. The molecule has 30 heavy (non-hydrogen) atoms. The van der Waals surface area contributed by atoms with Crippen molar-refractivity contribution < 1.29 is 28.6 Å². The number of aromatic hydroxyl groups is 1. The predicted molar refractivity (Wildman–Crippen MR) is 109 cm³/mol. The van der Waals surface area contributed by atoms with Crippen LogP contribution in [0.1, 0.15) is 54.7 Å². The van der Waals surface area contributed by atoms with Crippen LogP contribution in [0.2, 0.25) is 0 Å². The fraction of sp³-hybridized carbons (Fsp3) is 0.304. The van der Waals surface area contributed by atoms with Crippen molar-refractivity contribution in [3.8, 4) is 5.75 Å². The summed E-state index contributed by atoms with van der Waals surface area (Å²) in [5.74, 6) is -4.88. The molecular formula is C23H23F2NO4. The van der Waals surface area contributed by atoms with Gasteiger partial charge in [0.15, 0.2) is 11.6 Å². The van der Waals surface area contributed by atoms with Gasteiger partial charge in [-0.1, -0.05) is 26.8 Å².